The van der Waals surface area contributed by atoms with Gasteiger partial charge in [-0.2, -0.15) is 0 Å². The van der Waals surface area contributed by atoms with Gasteiger partial charge in [-0.3, -0.25) is 14.5 Å². The highest BCUT2D eigenvalue weighted by Crippen LogP contribution is 2.35. The monoisotopic (exact) mass is 296 g/mol. The van der Waals surface area contributed by atoms with Gasteiger partial charge in [0.25, 0.3) is 0 Å². The molecule has 120 valence electrons. The van der Waals surface area contributed by atoms with Gasteiger partial charge in [0.1, 0.15) is 0 Å². The molecule has 0 aromatic rings. The molecule has 0 N–H and O–H groups in total. The molecule has 0 spiro atoms. The highest BCUT2D eigenvalue weighted by molar-refractivity contribution is 5.79. The SMILES string of the molecule is COC(=O)CCN(C)CC(=O)N1CCCC2CCCCC21. The number of rotatable bonds is 5. The zero-order chi connectivity index (χ0) is 15.2. The largest absolute Gasteiger partial charge is 0.469 e. The predicted molar refractivity (Wildman–Crippen MR) is 80.8 cm³/mol. The molecule has 1 aliphatic heterocycles. The fraction of sp³-hybridized carbons (Fsp3) is 0.875. The summed E-state index contributed by atoms with van der Waals surface area (Å²) in [5.74, 6) is 0.718. The lowest BCUT2D eigenvalue weighted by atomic mass is 9.78. The van der Waals surface area contributed by atoms with Gasteiger partial charge in [0.05, 0.1) is 20.1 Å². The van der Waals surface area contributed by atoms with E-state index >= 15 is 0 Å². The Morgan fingerprint density at radius 1 is 1.19 bits per heavy atom. The molecular weight excluding hydrogens is 268 g/mol. The molecule has 0 aromatic heterocycles. The van der Waals surface area contributed by atoms with Crippen LogP contribution in [0.15, 0.2) is 0 Å². The maximum Gasteiger partial charge on any atom is 0.306 e. The second-order valence-electron chi connectivity index (χ2n) is 6.41. The molecule has 1 amide bonds. The van der Waals surface area contributed by atoms with Crippen LogP contribution in [0.4, 0.5) is 0 Å². The molecule has 0 aromatic carbocycles. The number of hydrogen-bond donors (Lipinski definition) is 0. The molecule has 21 heavy (non-hydrogen) atoms. The first kappa shape index (κ1) is 16.3. The van der Waals surface area contributed by atoms with E-state index < -0.39 is 0 Å². The fourth-order valence-electron chi connectivity index (χ4n) is 3.72. The van der Waals surface area contributed by atoms with Crippen molar-refractivity contribution >= 4 is 11.9 Å². The summed E-state index contributed by atoms with van der Waals surface area (Å²) in [4.78, 5) is 27.7. The number of esters is 1. The Morgan fingerprint density at radius 2 is 1.90 bits per heavy atom. The molecule has 0 radical (unpaired) electrons. The molecule has 5 nitrogen and oxygen atoms in total. The molecule has 2 aliphatic rings. The van der Waals surface area contributed by atoms with E-state index in [0.29, 0.717) is 25.6 Å². The lowest BCUT2D eigenvalue weighted by Crippen LogP contribution is -2.52. The predicted octanol–water partition coefficient (Wildman–Crippen LogP) is 1.66. The number of likely N-dealkylation sites (N-methyl/N-ethyl adjacent to an activating group) is 1. The van der Waals surface area contributed by atoms with Crippen LogP contribution in [0.25, 0.3) is 0 Å². The molecule has 1 heterocycles. The lowest BCUT2D eigenvalue weighted by Gasteiger charge is -2.44. The standard InChI is InChI=1S/C16H28N2O3/c1-17(11-9-16(20)21-2)12-15(19)18-10-5-7-13-6-3-4-8-14(13)18/h13-14H,3-12H2,1-2H3. The van der Waals surface area contributed by atoms with Gasteiger partial charge in [0.2, 0.25) is 5.91 Å². The van der Waals surface area contributed by atoms with E-state index in [0.717, 1.165) is 18.9 Å². The first-order valence-electron chi connectivity index (χ1n) is 8.16. The summed E-state index contributed by atoms with van der Waals surface area (Å²) in [5.41, 5.74) is 0. The zero-order valence-electron chi connectivity index (χ0n) is 13.3. The van der Waals surface area contributed by atoms with Crippen LogP contribution in [0.5, 0.6) is 0 Å². The quantitative estimate of drug-likeness (QED) is 0.724. The van der Waals surface area contributed by atoms with Gasteiger partial charge in [-0.1, -0.05) is 12.8 Å². The molecule has 0 bridgehead atoms. The topological polar surface area (TPSA) is 49.9 Å². The van der Waals surface area contributed by atoms with Crippen molar-refractivity contribution in [2.75, 3.05) is 33.8 Å². The van der Waals surface area contributed by atoms with E-state index in [-0.39, 0.29) is 11.9 Å². The lowest BCUT2D eigenvalue weighted by molar-refractivity contribution is -0.142. The average Bonchev–Trinajstić information content (AvgIpc) is 2.51. The van der Waals surface area contributed by atoms with Crippen molar-refractivity contribution in [2.45, 2.75) is 51.0 Å². The number of hydrogen-bond acceptors (Lipinski definition) is 4. The molecule has 1 saturated carbocycles. The van der Waals surface area contributed by atoms with Crippen molar-refractivity contribution in [3.8, 4) is 0 Å². The Bertz CT molecular complexity index is 371. The van der Waals surface area contributed by atoms with E-state index in [1.54, 1.807) is 0 Å². The van der Waals surface area contributed by atoms with Crippen molar-refractivity contribution in [2.24, 2.45) is 5.92 Å². The maximum absolute atomic E-state index is 12.5. The molecule has 2 rings (SSSR count). The number of likely N-dealkylation sites (tertiary alicyclic amines) is 1. The van der Waals surface area contributed by atoms with Crippen molar-refractivity contribution in [1.29, 1.82) is 0 Å². The van der Waals surface area contributed by atoms with Gasteiger partial charge in [-0.05, 0) is 38.6 Å². The Balaban J connectivity index is 1.82. The number of piperidine rings is 1. The Labute approximate surface area is 127 Å². The zero-order valence-corrected chi connectivity index (χ0v) is 13.3. The number of carbonyl (C=O) groups excluding carboxylic acids is 2. The summed E-state index contributed by atoms with van der Waals surface area (Å²) in [6, 6.07) is 0.467. The van der Waals surface area contributed by atoms with Crippen LogP contribution in [0.3, 0.4) is 0 Å². The van der Waals surface area contributed by atoms with E-state index in [2.05, 4.69) is 9.64 Å². The van der Waals surface area contributed by atoms with Crippen LogP contribution >= 0.6 is 0 Å². The third-order valence-corrected chi connectivity index (χ3v) is 4.89. The highest BCUT2D eigenvalue weighted by atomic mass is 16.5. The van der Waals surface area contributed by atoms with Crippen LogP contribution in [0, 0.1) is 5.92 Å². The van der Waals surface area contributed by atoms with Gasteiger partial charge in [0, 0.05) is 19.1 Å². The molecule has 2 unspecified atom stereocenters. The van der Waals surface area contributed by atoms with Gasteiger partial charge in [-0.25, -0.2) is 0 Å². The first-order valence-corrected chi connectivity index (χ1v) is 8.16. The van der Waals surface area contributed by atoms with Gasteiger partial charge >= 0.3 is 5.97 Å². The van der Waals surface area contributed by atoms with Crippen LogP contribution in [-0.4, -0.2) is 61.5 Å². The number of fused-ring (bicyclic) bond motifs is 1. The highest BCUT2D eigenvalue weighted by Gasteiger charge is 2.35. The molecule has 5 heteroatoms. The summed E-state index contributed by atoms with van der Waals surface area (Å²) in [6.45, 7) is 1.88. The molecule has 2 fully saturated rings. The third kappa shape index (κ3) is 4.43. The molecule has 2 atom stereocenters. The fourth-order valence-corrected chi connectivity index (χ4v) is 3.72. The van der Waals surface area contributed by atoms with Crippen LogP contribution in [0.2, 0.25) is 0 Å². The normalized spacial score (nSPS) is 25.6. The average molecular weight is 296 g/mol. The first-order chi connectivity index (χ1) is 10.1. The van der Waals surface area contributed by atoms with Crippen LogP contribution in [-0.2, 0) is 14.3 Å². The molecule has 1 saturated heterocycles. The van der Waals surface area contributed by atoms with Crippen molar-refractivity contribution in [3.05, 3.63) is 0 Å². The van der Waals surface area contributed by atoms with E-state index in [9.17, 15) is 9.59 Å². The maximum atomic E-state index is 12.5. The van der Waals surface area contributed by atoms with Crippen molar-refractivity contribution in [1.82, 2.24) is 9.80 Å². The second kappa shape index (κ2) is 7.78. The Hall–Kier alpha value is -1.10. The van der Waals surface area contributed by atoms with Gasteiger partial charge in [-0.15, -0.1) is 0 Å². The van der Waals surface area contributed by atoms with Gasteiger partial charge < -0.3 is 9.64 Å². The number of ether oxygens (including phenoxy) is 1. The summed E-state index contributed by atoms with van der Waals surface area (Å²) >= 11 is 0. The third-order valence-electron chi connectivity index (χ3n) is 4.89. The second-order valence-corrected chi connectivity index (χ2v) is 6.41. The minimum Gasteiger partial charge on any atom is -0.469 e. The number of methoxy groups -OCH3 is 1. The minimum atomic E-state index is -0.223. The number of carbonyl (C=O) groups is 2. The summed E-state index contributed by atoms with van der Waals surface area (Å²) in [6.07, 6.45) is 7.79. The summed E-state index contributed by atoms with van der Waals surface area (Å²) in [7, 11) is 3.29. The Morgan fingerprint density at radius 3 is 2.67 bits per heavy atom. The minimum absolute atomic E-state index is 0.221. The van der Waals surface area contributed by atoms with E-state index in [1.165, 1.54) is 39.2 Å². The van der Waals surface area contributed by atoms with Gasteiger partial charge in [0.15, 0.2) is 0 Å². The number of nitrogens with zero attached hydrogens (tertiary/aromatic N) is 2. The van der Waals surface area contributed by atoms with Crippen LogP contribution in [0.1, 0.15) is 44.9 Å². The molecular formula is C16H28N2O3. The summed E-state index contributed by atoms with van der Waals surface area (Å²) in [5, 5.41) is 0. The van der Waals surface area contributed by atoms with Crippen molar-refractivity contribution < 1.29 is 14.3 Å². The smallest absolute Gasteiger partial charge is 0.306 e. The molecule has 1 aliphatic carbocycles. The van der Waals surface area contributed by atoms with E-state index in [1.807, 2.05) is 11.9 Å². The van der Waals surface area contributed by atoms with E-state index in [4.69, 9.17) is 0 Å². The Kier molecular flexibility index (Phi) is 6.03. The van der Waals surface area contributed by atoms with Crippen molar-refractivity contribution in [3.63, 3.8) is 0 Å². The number of amides is 1. The summed E-state index contributed by atoms with van der Waals surface area (Å²) < 4.78 is 4.63. The van der Waals surface area contributed by atoms with Crippen LogP contribution < -0.4 is 0 Å².